The number of H-pyrrole nitrogens is 1. The van der Waals surface area contributed by atoms with Gasteiger partial charge in [0.15, 0.2) is 0 Å². The monoisotopic (exact) mass is 407 g/mol. The van der Waals surface area contributed by atoms with Crippen molar-refractivity contribution in [2.75, 3.05) is 19.6 Å². The first kappa shape index (κ1) is 20.5. The average Bonchev–Trinajstić information content (AvgIpc) is 2.76. The molecule has 0 bridgehead atoms. The van der Waals surface area contributed by atoms with Crippen LogP contribution in [0.4, 0.5) is 0 Å². The molecule has 3 heterocycles. The highest BCUT2D eigenvalue weighted by atomic mass is 16.5. The Morgan fingerprint density at radius 3 is 2.80 bits per heavy atom. The van der Waals surface area contributed by atoms with Gasteiger partial charge in [-0.25, -0.2) is 4.98 Å². The molecule has 0 spiro atoms. The number of aromatic amines is 1. The molecule has 0 saturated carbocycles. The number of pyridine rings is 1. The van der Waals surface area contributed by atoms with Crippen molar-refractivity contribution in [1.29, 1.82) is 0 Å². The molecule has 1 aliphatic rings. The highest BCUT2D eigenvalue weighted by molar-refractivity contribution is 5.79. The zero-order valence-corrected chi connectivity index (χ0v) is 17.6. The average molecular weight is 408 g/mol. The quantitative estimate of drug-likeness (QED) is 0.558. The minimum Gasteiger partial charge on any atom is -0.486 e. The third kappa shape index (κ3) is 4.86. The van der Waals surface area contributed by atoms with E-state index in [0.717, 1.165) is 31.1 Å². The summed E-state index contributed by atoms with van der Waals surface area (Å²) in [6.45, 7) is 8.02. The van der Waals surface area contributed by atoms with Crippen LogP contribution in [0.3, 0.4) is 0 Å². The Labute approximate surface area is 176 Å². The molecule has 0 aliphatic carbocycles. The normalized spacial score (nSPS) is 14.9. The van der Waals surface area contributed by atoms with E-state index in [9.17, 15) is 4.79 Å². The maximum absolute atomic E-state index is 12.6. The van der Waals surface area contributed by atoms with Crippen LogP contribution in [-0.4, -0.2) is 34.6 Å². The van der Waals surface area contributed by atoms with Crippen LogP contribution in [0.2, 0.25) is 0 Å². The summed E-state index contributed by atoms with van der Waals surface area (Å²) >= 11 is 0. The number of aryl methyl sites for hydroxylation is 2. The van der Waals surface area contributed by atoms with Crippen molar-refractivity contribution >= 4 is 10.9 Å². The molecule has 0 amide bonds. The highest BCUT2D eigenvalue weighted by Gasteiger charge is 2.14. The lowest BCUT2D eigenvalue weighted by Crippen LogP contribution is -2.33. The minimum atomic E-state index is -0.166. The van der Waals surface area contributed by atoms with Crippen LogP contribution in [-0.2, 0) is 13.2 Å². The number of benzene rings is 1. The van der Waals surface area contributed by atoms with Gasteiger partial charge >= 0.3 is 0 Å². The van der Waals surface area contributed by atoms with Crippen molar-refractivity contribution in [3.63, 3.8) is 0 Å². The van der Waals surface area contributed by atoms with Gasteiger partial charge in [-0.1, -0.05) is 6.07 Å². The number of piperidine rings is 1. The van der Waals surface area contributed by atoms with Gasteiger partial charge in [-0.2, -0.15) is 0 Å². The summed E-state index contributed by atoms with van der Waals surface area (Å²) in [6.07, 6.45) is 4.05. The first-order chi connectivity index (χ1) is 14.6. The fourth-order valence-electron chi connectivity index (χ4n) is 3.80. The number of aromatic nitrogens is 3. The van der Waals surface area contributed by atoms with Crippen molar-refractivity contribution in [2.24, 2.45) is 5.92 Å². The van der Waals surface area contributed by atoms with Crippen molar-refractivity contribution in [2.45, 2.75) is 39.8 Å². The lowest BCUT2D eigenvalue weighted by atomic mass is 9.98. The van der Waals surface area contributed by atoms with Gasteiger partial charge in [0.05, 0.1) is 11.1 Å². The van der Waals surface area contributed by atoms with Crippen LogP contribution in [0.15, 0.2) is 35.3 Å². The van der Waals surface area contributed by atoms with Gasteiger partial charge in [0.1, 0.15) is 23.7 Å². The number of fused-ring (bicyclic) bond motifs is 1. The molecule has 7 heteroatoms. The Morgan fingerprint density at radius 2 is 2.00 bits per heavy atom. The molecular formula is C23H29N5O2. The van der Waals surface area contributed by atoms with E-state index in [0.29, 0.717) is 29.2 Å². The van der Waals surface area contributed by atoms with Crippen LogP contribution in [0.5, 0.6) is 5.75 Å². The molecule has 4 rings (SSSR count). The van der Waals surface area contributed by atoms with Gasteiger partial charge in [-0.3, -0.25) is 9.78 Å². The Morgan fingerprint density at radius 1 is 1.17 bits per heavy atom. The van der Waals surface area contributed by atoms with E-state index in [4.69, 9.17) is 4.74 Å². The summed E-state index contributed by atoms with van der Waals surface area (Å²) in [6, 6.07) is 7.66. The van der Waals surface area contributed by atoms with Gasteiger partial charge in [-0.15, -0.1) is 0 Å². The predicted molar refractivity (Wildman–Crippen MR) is 118 cm³/mol. The van der Waals surface area contributed by atoms with E-state index in [2.05, 4.69) is 32.5 Å². The molecule has 158 valence electrons. The first-order valence-corrected chi connectivity index (χ1v) is 10.6. The Hall–Kier alpha value is -2.77. The second kappa shape index (κ2) is 9.36. The molecule has 1 aliphatic heterocycles. The molecule has 0 unspecified atom stereocenters. The lowest BCUT2D eigenvalue weighted by Gasteiger charge is -2.22. The zero-order valence-electron chi connectivity index (χ0n) is 17.6. The summed E-state index contributed by atoms with van der Waals surface area (Å²) < 4.78 is 5.86. The summed E-state index contributed by atoms with van der Waals surface area (Å²) in [5.74, 6) is 1.94. The molecule has 3 N–H and O–H groups in total. The number of ether oxygens (including phenoxy) is 1. The topological polar surface area (TPSA) is 91.9 Å². The number of nitrogens with one attached hydrogen (secondary N) is 3. The second-order valence-corrected chi connectivity index (χ2v) is 8.03. The first-order valence-electron chi connectivity index (χ1n) is 10.6. The van der Waals surface area contributed by atoms with Gasteiger partial charge in [0, 0.05) is 12.7 Å². The molecule has 1 aromatic carbocycles. The third-order valence-electron chi connectivity index (χ3n) is 5.79. The smallest absolute Gasteiger partial charge is 0.258 e. The van der Waals surface area contributed by atoms with Crippen LogP contribution in [0.25, 0.3) is 10.9 Å². The maximum atomic E-state index is 12.6. The van der Waals surface area contributed by atoms with Gasteiger partial charge in [0.2, 0.25) is 0 Å². The van der Waals surface area contributed by atoms with E-state index >= 15 is 0 Å². The van der Waals surface area contributed by atoms with Crippen LogP contribution >= 0.6 is 0 Å². The molecule has 2 aromatic heterocycles. The fourth-order valence-corrected chi connectivity index (χ4v) is 3.80. The minimum absolute atomic E-state index is 0.166. The number of nitrogens with zero attached hydrogens (tertiary/aromatic N) is 2. The Kier molecular flexibility index (Phi) is 6.40. The molecule has 7 nitrogen and oxygen atoms in total. The maximum Gasteiger partial charge on any atom is 0.258 e. The van der Waals surface area contributed by atoms with Gasteiger partial charge < -0.3 is 20.4 Å². The molecule has 3 aromatic rings. The SMILES string of the molecule is Cc1ccc(OCc2nc3c(CNCC4CCNCC4)nccc3c(=O)[nH]2)cc1C. The van der Waals surface area contributed by atoms with Crippen molar-refractivity contribution in [1.82, 2.24) is 25.6 Å². The van der Waals surface area contributed by atoms with E-state index in [-0.39, 0.29) is 12.2 Å². The standard InChI is InChI=1S/C23H29N5O2/c1-15-3-4-18(11-16(15)2)30-14-21-27-22-19(23(29)28-21)7-10-26-20(22)13-25-12-17-5-8-24-9-6-17/h3-4,7,10-11,17,24-25H,5-6,8-9,12-14H2,1-2H3,(H,27,28,29). The molecular weight excluding hydrogens is 378 g/mol. The molecule has 30 heavy (non-hydrogen) atoms. The zero-order chi connectivity index (χ0) is 20.9. The predicted octanol–water partition coefficient (Wildman–Crippen LogP) is 2.60. The molecule has 1 saturated heterocycles. The van der Waals surface area contributed by atoms with Gasteiger partial charge in [-0.05, 0) is 81.6 Å². The van der Waals surface area contributed by atoms with Crippen LogP contribution in [0, 0.1) is 19.8 Å². The number of hydrogen-bond donors (Lipinski definition) is 3. The van der Waals surface area contributed by atoms with Crippen molar-refractivity contribution in [3.8, 4) is 5.75 Å². The Balaban J connectivity index is 1.48. The summed E-state index contributed by atoms with van der Waals surface area (Å²) in [4.78, 5) is 24.6. The largest absolute Gasteiger partial charge is 0.486 e. The van der Waals surface area contributed by atoms with Crippen molar-refractivity contribution in [3.05, 3.63) is 63.5 Å². The van der Waals surface area contributed by atoms with Gasteiger partial charge in [0.25, 0.3) is 5.56 Å². The second-order valence-electron chi connectivity index (χ2n) is 8.03. The fraction of sp³-hybridized carbons (Fsp3) is 0.435. The van der Waals surface area contributed by atoms with E-state index in [1.807, 2.05) is 25.1 Å². The Bertz CT molecular complexity index is 1070. The van der Waals surface area contributed by atoms with E-state index < -0.39 is 0 Å². The van der Waals surface area contributed by atoms with Crippen LogP contribution in [0.1, 0.15) is 35.5 Å². The number of rotatable bonds is 7. The molecule has 1 fully saturated rings. The third-order valence-corrected chi connectivity index (χ3v) is 5.79. The van der Waals surface area contributed by atoms with Crippen LogP contribution < -0.4 is 20.9 Å². The summed E-state index contributed by atoms with van der Waals surface area (Å²) in [5, 5.41) is 7.44. The molecule has 0 radical (unpaired) electrons. The summed E-state index contributed by atoms with van der Waals surface area (Å²) in [7, 11) is 0. The lowest BCUT2D eigenvalue weighted by molar-refractivity contribution is 0.295. The summed E-state index contributed by atoms with van der Waals surface area (Å²) in [5.41, 5.74) is 3.64. The van der Waals surface area contributed by atoms with Crippen molar-refractivity contribution < 1.29 is 4.74 Å². The molecule has 0 atom stereocenters. The van der Waals surface area contributed by atoms with E-state index in [1.165, 1.54) is 24.0 Å². The van der Waals surface area contributed by atoms with E-state index in [1.54, 1.807) is 12.3 Å². The highest BCUT2D eigenvalue weighted by Crippen LogP contribution is 2.18. The number of hydrogen-bond acceptors (Lipinski definition) is 6.